The Labute approximate surface area is 115 Å². The van der Waals surface area contributed by atoms with Crippen molar-refractivity contribution in [1.82, 2.24) is 4.90 Å². The molecule has 0 N–H and O–H groups in total. The van der Waals surface area contributed by atoms with Crippen LogP contribution in [0.1, 0.15) is 18.5 Å². The number of likely N-dealkylation sites (tertiary alicyclic amines) is 1. The number of hydrogen-bond acceptors (Lipinski definition) is 4. The number of β-lactam (4-membered cyclic amide) rings is 1. The van der Waals surface area contributed by atoms with Crippen LogP contribution in [0.25, 0.3) is 10.4 Å². The summed E-state index contributed by atoms with van der Waals surface area (Å²) in [7, 11) is 1.27. The lowest BCUT2D eigenvalue weighted by atomic mass is 9.87. The predicted molar refractivity (Wildman–Crippen MR) is 70.4 cm³/mol. The van der Waals surface area contributed by atoms with Gasteiger partial charge >= 0.3 is 5.97 Å². The van der Waals surface area contributed by atoms with Gasteiger partial charge in [0.05, 0.1) is 13.2 Å². The van der Waals surface area contributed by atoms with E-state index >= 15 is 0 Å². The number of methoxy groups -OCH3 is 1. The Bertz CT molecular complexity index is 568. The van der Waals surface area contributed by atoms with E-state index in [1.165, 1.54) is 12.0 Å². The molecule has 104 valence electrons. The topological polar surface area (TPSA) is 95.4 Å². The fraction of sp³-hybridized carbons (Fsp3) is 0.385. The Kier molecular flexibility index (Phi) is 3.91. The zero-order valence-corrected chi connectivity index (χ0v) is 11.1. The first kappa shape index (κ1) is 13.9. The van der Waals surface area contributed by atoms with Gasteiger partial charge in [0.2, 0.25) is 5.91 Å². The summed E-state index contributed by atoms with van der Waals surface area (Å²) in [5, 5.41) is 3.52. The second-order valence-electron chi connectivity index (χ2n) is 4.45. The molecule has 0 bridgehead atoms. The number of carbonyl (C=O) groups excluding carboxylic acids is 2. The van der Waals surface area contributed by atoms with Crippen molar-refractivity contribution < 1.29 is 14.3 Å². The molecular formula is C13H14N4O3. The van der Waals surface area contributed by atoms with Crippen molar-refractivity contribution in [1.29, 1.82) is 0 Å². The van der Waals surface area contributed by atoms with Crippen molar-refractivity contribution >= 4 is 11.9 Å². The van der Waals surface area contributed by atoms with Crippen molar-refractivity contribution in [3.63, 3.8) is 0 Å². The summed E-state index contributed by atoms with van der Waals surface area (Å²) in [4.78, 5) is 27.8. The second kappa shape index (κ2) is 5.63. The lowest BCUT2D eigenvalue weighted by Gasteiger charge is -2.47. The predicted octanol–water partition coefficient (Wildman–Crippen LogP) is 1.81. The fourth-order valence-corrected chi connectivity index (χ4v) is 2.37. The highest BCUT2D eigenvalue weighted by Gasteiger charge is 2.51. The van der Waals surface area contributed by atoms with Crippen LogP contribution in [0.4, 0.5) is 0 Å². The molecule has 2 rings (SSSR count). The molecule has 7 heteroatoms. The number of rotatable bonds is 4. The smallest absolute Gasteiger partial charge is 0.328 e. The third kappa shape index (κ3) is 2.19. The van der Waals surface area contributed by atoms with Gasteiger partial charge in [0, 0.05) is 4.91 Å². The Morgan fingerprint density at radius 3 is 2.65 bits per heavy atom. The molecule has 1 aliphatic heterocycles. The molecule has 0 radical (unpaired) electrons. The first-order valence-electron chi connectivity index (χ1n) is 6.11. The summed E-state index contributed by atoms with van der Waals surface area (Å²) in [6.07, 6.45) is 0. The quantitative estimate of drug-likeness (QED) is 0.275. The van der Waals surface area contributed by atoms with Gasteiger partial charge in [-0.3, -0.25) is 4.79 Å². The molecule has 0 saturated carbocycles. The van der Waals surface area contributed by atoms with E-state index in [0.29, 0.717) is 0 Å². The summed E-state index contributed by atoms with van der Waals surface area (Å²) in [6.45, 7) is 1.59. The largest absolute Gasteiger partial charge is 0.467 e. The molecule has 3 unspecified atom stereocenters. The molecular weight excluding hydrogens is 260 g/mol. The zero-order chi connectivity index (χ0) is 14.7. The number of carbonyl (C=O) groups is 2. The number of esters is 1. The highest BCUT2D eigenvalue weighted by Crippen LogP contribution is 2.39. The Balaban J connectivity index is 2.34. The average molecular weight is 274 g/mol. The lowest BCUT2D eigenvalue weighted by molar-refractivity contribution is -0.165. The number of ether oxygens (including phenoxy) is 1. The zero-order valence-electron chi connectivity index (χ0n) is 11.1. The van der Waals surface area contributed by atoms with Crippen LogP contribution in [0.15, 0.2) is 35.4 Å². The summed E-state index contributed by atoms with van der Waals surface area (Å²) in [5.74, 6) is -0.867. The Morgan fingerprint density at radius 2 is 2.10 bits per heavy atom. The molecule has 0 aromatic heterocycles. The second-order valence-corrected chi connectivity index (χ2v) is 4.45. The van der Waals surface area contributed by atoms with Crippen LogP contribution < -0.4 is 0 Å². The van der Waals surface area contributed by atoms with E-state index in [9.17, 15) is 9.59 Å². The van der Waals surface area contributed by atoms with Crippen LogP contribution in [0.5, 0.6) is 0 Å². The van der Waals surface area contributed by atoms with Crippen LogP contribution in [-0.4, -0.2) is 36.0 Å². The van der Waals surface area contributed by atoms with Gasteiger partial charge in [-0.1, -0.05) is 35.4 Å². The summed E-state index contributed by atoms with van der Waals surface area (Å²) in [5.41, 5.74) is 9.38. The van der Waals surface area contributed by atoms with Crippen molar-refractivity contribution in [2.75, 3.05) is 7.11 Å². The number of amides is 1. The van der Waals surface area contributed by atoms with Gasteiger partial charge in [0.25, 0.3) is 0 Å². The van der Waals surface area contributed by atoms with Gasteiger partial charge in [0.15, 0.2) is 0 Å². The monoisotopic (exact) mass is 274 g/mol. The molecule has 0 aliphatic carbocycles. The van der Waals surface area contributed by atoms with Crippen molar-refractivity contribution in [2.45, 2.75) is 25.0 Å². The highest BCUT2D eigenvalue weighted by atomic mass is 16.5. The molecule has 1 heterocycles. The van der Waals surface area contributed by atoms with E-state index in [1.807, 2.05) is 30.3 Å². The summed E-state index contributed by atoms with van der Waals surface area (Å²) < 4.78 is 4.66. The van der Waals surface area contributed by atoms with Crippen LogP contribution in [0.3, 0.4) is 0 Å². The molecule has 1 fully saturated rings. The third-order valence-corrected chi connectivity index (χ3v) is 3.38. The summed E-state index contributed by atoms with van der Waals surface area (Å²) in [6, 6.07) is 7.19. The van der Waals surface area contributed by atoms with Gasteiger partial charge in [0.1, 0.15) is 12.1 Å². The van der Waals surface area contributed by atoms with Gasteiger partial charge in [-0.25, -0.2) is 4.79 Å². The minimum Gasteiger partial charge on any atom is -0.467 e. The number of azide groups is 1. The van der Waals surface area contributed by atoms with Gasteiger partial charge in [-0.05, 0) is 18.0 Å². The molecule has 1 saturated heterocycles. The maximum Gasteiger partial charge on any atom is 0.328 e. The minimum atomic E-state index is -0.811. The molecule has 1 aliphatic rings. The van der Waals surface area contributed by atoms with Crippen LogP contribution >= 0.6 is 0 Å². The SMILES string of the molecule is COC(=O)C(C)N1C(=O)C(N=[N+]=[N-])C1c1ccccc1. The van der Waals surface area contributed by atoms with E-state index < -0.39 is 24.1 Å². The third-order valence-electron chi connectivity index (χ3n) is 3.38. The van der Waals surface area contributed by atoms with Crippen LogP contribution in [0.2, 0.25) is 0 Å². The highest BCUT2D eigenvalue weighted by molar-refractivity contribution is 5.94. The van der Waals surface area contributed by atoms with E-state index in [-0.39, 0.29) is 5.91 Å². The minimum absolute atomic E-state index is 0.366. The number of hydrogen-bond donors (Lipinski definition) is 0. The number of nitrogens with zero attached hydrogens (tertiary/aromatic N) is 4. The van der Waals surface area contributed by atoms with Crippen molar-refractivity contribution in [3.05, 3.63) is 46.3 Å². The van der Waals surface area contributed by atoms with E-state index in [0.717, 1.165) is 5.56 Å². The lowest BCUT2D eigenvalue weighted by Crippen LogP contribution is -2.62. The van der Waals surface area contributed by atoms with E-state index in [1.54, 1.807) is 6.92 Å². The summed E-state index contributed by atoms with van der Waals surface area (Å²) >= 11 is 0. The van der Waals surface area contributed by atoms with Crippen LogP contribution in [0, 0.1) is 0 Å². The fourth-order valence-electron chi connectivity index (χ4n) is 2.37. The normalized spacial score (nSPS) is 22.5. The van der Waals surface area contributed by atoms with Crippen molar-refractivity contribution in [2.24, 2.45) is 5.11 Å². The maximum atomic E-state index is 12.1. The molecule has 1 aromatic carbocycles. The van der Waals surface area contributed by atoms with Gasteiger partial charge in [-0.15, -0.1) is 0 Å². The standard InChI is InChI=1S/C13H14N4O3/c1-8(13(19)20-2)17-11(9-6-4-3-5-7-9)10(12(17)18)15-16-14/h3-8,10-11H,1-2H3. The first-order valence-corrected chi connectivity index (χ1v) is 6.11. The van der Waals surface area contributed by atoms with Crippen LogP contribution in [-0.2, 0) is 14.3 Å². The van der Waals surface area contributed by atoms with E-state index in [4.69, 9.17) is 5.53 Å². The molecule has 1 amide bonds. The number of benzene rings is 1. The Morgan fingerprint density at radius 1 is 1.45 bits per heavy atom. The molecule has 7 nitrogen and oxygen atoms in total. The molecule has 0 spiro atoms. The van der Waals surface area contributed by atoms with Gasteiger partial charge < -0.3 is 9.64 Å². The van der Waals surface area contributed by atoms with Crippen molar-refractivity contribution in [3.8, 4) is 0 Å². The molecule has 20 heavy (non-hydrogen) atoms. The Hall–Kier alpha value is -2.53. The molecule has 3 atom stereocenters. The van der Waals surface area contributed by atoms with E-state index in [2.05, 4.69) is 14.8 Å². The maximum absolute atomic E-state index is 12.1. The molecule has 1 aromatic rings. The van der Waals surface area contributed by atoms with Gasteiger partial charge in [-0.2, -0.15) is 0 Å². The average Bonchev–Trinajstić information content (AvgIpc) is 2.49. The first-order chi connectivity index (χ1) is 9.61.